The number of aromatic nitrogens is 1. The van der Waals surface area contributed by atoms with Crippen molar-refractivity contribution in [1.29, 1.82) is 0 Å². The number of hydrogen-bond acceptors (Lipinski definition) is 4. The van der Waals surface area contributed by atoms with Crippen LogP contribution >= 0.6 is 23.1 Å². The van der Waals surface area contributed by atoms with Crippen molar-refractivity contribution in [3.63, 3.8) is 0 Å². The highest BCUT2D eigenvalue weighted by molar-refractivity contribution is 7.99. The summed E-state index contributed by atoms with van der Waals surface area (Å²) in [6, 6.07) is 1.17. The van der Waals surface area contributed by atoms with Crippen molar-refractivity contribution in [3.05, 3.63) is 16.6 Å². The Morgan fingerprint density at radius 2 is 2.64 bits per heavy atom. The van der Waals surface area contributed by atoms with Crippen LogP contribution in [-0.2, 0) is 0 Å². The predicted octanol–water partition coefficient (Wildman–Crippen LogP) is 2.69. The Balaban J connectivity index is 1.93. The van der Waals surface area contributed by atoms with E-state index in [0.717, 1.165) is 6.42 Å². The van der Waals surface area contributed by atoms with Crippen LogP contribution in [0.1, 0.15) is 30.8 Å². The molecule has 2 nitrogen and oxygen atoms in total. The second-order valence-corrected chi connectivity index (χ2v) is 5.63. The molecule has 0 amide bonds. The lowest BCUT2D eigenvalue weighted by molar-refractivity contribution is 0.449. The summed E-state index contributed by atoms with van der Waals surface area (Å²) in [4.78, 5) is 4.38. The first-order valence-corrected chi connectivity index (χ1v) is 7.16. The summed E-state index contributed by atoms with van der Waals surface area (Å²) in [7, 11) is 0. The zero-order valence-corrected chi connectivity index (χ0v) is 10.0. The lowest BCUT2D eigenvalue weighted by atomic mass is 10.2. The van der Waals surface area contributed by atoms with Crippen molar-refractivity contribution in [2.45, 2.75) is 31.8 Å². The maximum Gasteiger partial charge on any atom is 0.109 e. The third-order valence-corrected chi connectivity index (χ3v) is 4.58. The zero-order valence-electron chi connectivity index (χ0n) is 8.40. The van der Waals surface area contributed by atoms with Gasteiger partial charge in [0, 0.05) is 23.4 Å². The van der Waals surface area contributed by atoms with Crippen molar-refractivity contribution >= 4 is 23.1 Å². The second-order valence-electron chi connectivity index (χ2n) is 3.56. The molecule has 14 heavy (non-hydrogen) atoms. The molecule has 0 aliphatic carbocycles. The van der Waals surface area contributed by atoms with Crippen molar-refractivity contribution < 1.29 is 0 Å². The normalized spacial score (nSPS) is 23.9. The molecule has 1 N–H and O–H groups in total. The lowest BCUT2D eigenvalue weighted by Crippen LogP contribution is -2.32. The number of rotatable bonds is 4. The fourth-order valence-electron chi connectivity index (χ4n) is 1.72. The highest BCUT2D eigenvalue weighted by Crippen LogP contribution is 2.24. The molecule has 2 unspecified atom stereocenters. The van der Waals surface area contributed by atoms with E-state index in [9.17, 15) is 0 Å². The van der Waals surface area contributed by atoms with Gasteiger partial charge in [-0.25, -0.2) is 4.98 Å². The first kappa shape index (κ1) is 10.5. The monoisotopic (exact) mass is 228 g/mol. The number of thiazole rings is 1. The molecule has 0 saturated carbocycles. The van der Waals surface area contributed by atoms with Gasteiger partial charge < -0.3 is 5.32 Å². The minimum atomic E-state index is 0.471. The van der Waals surface area contributed by atoms with Crippen molar-refractivity contribution in [2.75, 3.05) is 11.5 Å². The Bertz CT molecular complexity index is 255. The zero-order chi connectivity index (χ0) is 9.80. The van der Waals surface area contributed by atoms with Gasteiger partial charge in [0.15, 0.2) is 0 Å². The van der Waals surface area contributed by atoms with E-state index in [4.69, 9.17) is 0 Å². The van der Waals surface area contributed by atoms with E-state index in [1.807, 2.05) is 6.20 Å². The molecule has 2 rings (SSSR count). The smallest absolute Gasteiger partial charge is 0.109 e. The first-order chi connectivity index (χ1) is 6.90. The van der Waals surface area contributed by atoms with Crippen LogP contribution in [0.5, 0.6) is 0 Å². The van der Waals surface area contributed by atoms with Gasteiger partial charge in [-0.1, -0.05) is 6.92 Å². The molecule has 1 aliphatic heterocycles. The van der Waals surface area contributed by atoms with E-state index < -0.39 is 0 Å². The van der Waals surface area contributed by atoms with Crippen LogP contribution < -0.4 is 5.32 Å². The average molecular weight is 228 g/mol. The van der Waals surface area contributed by atoms with Gasteiger partial charge in [-0.05, 0) is 18.6 Å². The van der Waals surface area contributed by atoms with Gasteiger partial charge in [-0.15, -0.1) is 11.3 Å². The predicted molar refractivity (Wildman–Crippen MR) is 64.0 cm³/mol. The molecular weight excluding hydrogens is 212 g/mol. The van der Waals surface area contributed by atoms with Gasteiger partial charge in [0.25, 0.3) is 0 Å². The van der Waals surface area contributed by atoms with Crippen LogP contribution in [0, 0.1) is 0 Å². The number of nitrogens with one attached hydrogen (secondary N) is 1. The molecule has 2 atom stereocenters. The molecule has 1 aliphatic rings. The average Bonchev–Trinajstić information content (AvgIpc) is 2.86. The van der Waals surface area contributed by atoms with E-state index in [1.165, 1.54) is 22.9 Å². The highest BCUT2D eigenvalue weighted by atomic mass is 32.2. The quantitative estimate of drug-likeness (QED) is 0.857. The summed E-state index contributed by atoms with van der Waals surface area (Å²) < 4.78 is 0. The topological polar surface area (TPSA) is 24.9 Å². The standard InChI is InChI=1S/C10H16N2S2/c1-2-9(10-11-4-6-14-10)12-8-3-5-13-7-8/h4,6,8-9,12H,2-3,5,7H2,1H3. The summed E-state index contributed by atoms with van der Waals surface area (Å²) in [5.41, 5.74) is 0. The van der Waals surface area contributed by atoms with Gasteiger partial charge in [-0.3, -0.25) is 0 Å². The van der Waals surface area contributed by atoms with Gasteiger partial charge in [0.2, 0.25) is 0 Å². The highest BCUT2D eigenvalue weighted by Gasteiger charge is 2.20. The Kier molecular flexibility index (Phi) is 3.84. The van der Waals surface area contributed by atoms with Gasteiger partial charge in [0.1, 0.15) is 5.01 Å². The SMILES string of the molecule is CCC(NC1CCSC1)c1nccs1. The van der Waals surface area contributed by atoms with Crippen LogP contribution in [0.15, 0.2) is 11.6 Å². The Hall–Kier alpha value is -0.0600. The van der Waals surface area contributed by atoms with Gasteiger partial charge >= 0.3 is 0 Å². The largest absolute Gasteiger partial charge is 0.304 e. The van der Waals surface area contributed by atoms with E-state index >= 15 is 0 Å². The molecule has 0 aromatic carbocycles. The van der Waals surface area contributed by atoms with Crippen LogP contribution in [0.25, 0.3) is 0 Å². The summed E-state index contributed by atoms with van der Waals surface area (Å²) in [6.07, 6.45) is 4.34. The Morgan fingerprint density at radius 1 is 1.71 bits per heavy atom. The summed E-state index contributed by atoms with van der Waals surface area (Å²) in [5, 5.41) is 6.99. The fourth-order valence-corrected chi connectivity index (χ4v) is 3.67. The third-order valence-electron chi connectivity index (χ3n) is 2.52. The first-order valence-electron chi connectivity index (χ1n) is 5.13. The molecule has 1 aromatic rings. The third kappa shape index (κ3) is 2.49. The maximum absolute atomic E-state index is 4.38. The Morgan fingerprint density at radius 3 is 3.21 bits per heavy atom. The van der Waals surface area contributed by atoms with Crippen molar-refractivity contribution in [2.24, 2.45) is 0 Å². The van der Waals surface area contributed by atoms with E-state index in [0.29, 0.717) is 12.1 Å². The molecule has 1 fully saturated rings. The molecule has 4 heteroatoms. The fraction of sp³-hybridized carbons (Fsp3) is 0.700. The molecule has 1 saturated heterocycles. The molecule has 0 bridgehead atoms. The van der Waals surface area contributed by atoms with Gasteiger partial charge in [0.05, 0.1) is 6.04 Å². The summed E-state index contributed by atoms with van der Waals surface area (Å²) >= 11 is 3.81. The Labute approximate surface area is 93.5 Å². The van der Waals surface area contributed by atoms with Crippen LogP contribution in [0.4, 0.5) is 0 Å². The molecule has 0 spiro atoms. The lowest BCUT2D eigenvalue weighted by Gasteiger charge is -2.19. The van der Waals surface area contributed by atoms with Crippen LogP contribution in [-0.4, -0.2) is 22.5 Å². The summed E-state index contributed by atoms with van der Waals surface area (Å²) in [5.74, 6) is 2.58. The number of nitrogens with zero attached hydrogens (tertiary/aromatic N) is 1. The summed E-state index contributed by atoms with van der Waals surface area (Å²) in [6.45, 7) is 2.22. The molecular formula is C10H16N2S2. The van der Waals surface area contributed by atoms with E-state index in [-0.39, 0.29) is 0 Å². The molecule has 0 radical (unpaired) electrons. The number of thioether (sulfide) groups is 1. The van der Waals surface area contributed by atoms with Gasteiger partial charge in [-0.2, -0.15) is 11.8 Å². The van der Waals surface area contributed by atoms with Crippen molar-refractivity contribution in [1.82, 2.24) is 10.3 Å². The second kappa shape index (κ2) is 5.14. The maximum atomic E-state index is 4.38. The molecule has 1 aromatic heterocycles. The van der Waals surface area contributed by atoms with Crippen molar-refractivity contribution in [3.8, 4) is 0 Å². The van der Waals surface area contributed by atoms with E-state index in [1.54, 1.807) is 11.3 Å². The van der Waals surface area contributed by atoms with Crippen LogP contribution in [0.2, 0.25) is 0 Å². The van der Waals surface area contributed by atoms with E-state index in [2.05, 4.69) is 34.4 Å². The molecule has 78 valence electrons. The number of hydrogen-bond donors (Lipinski definition) is 1. The minimum Gasteiger partial charge on any atom is -0.304 e. The molecule has 2 heterocycles. The van der Waals surface area contributed by atoms with Crippen LogP contribution in [0.3, 0.4) is 0 Å². The minimum absolute atomic E-state index is 0.471.